The van der Waals surface area contributed by atoms with Crippen molar-refractivity contribution in [3.8, 4) is 0 Å². The van der Waals surface area contributed by atoms with E-state index in [9.17, 15) is 22.4 Å². The number of hydrogen-bond acceptors (Lipinski definition) is 1. The standard InChI is InChI=1S/C16H12F4O2/c17-13-10(7-6-9-4-2-1-3-5-9)14(18)16(20)11(15(13)19)8-12(21)22/h1-5H,6-8H2,(H,21,22). The number of rotatable bonds is 5. The van der Waals surface area contributed by atoms with Gasteiger partial charge in [0.15, 0.2) is 23.3 Å². The lowest BCUT2D eigenvalue weighted by Crippen LogP contribution is -2.13. The van der Waals surface area contributed by atoms with Crippen molar-refractivity contribution in [1.29, 1.82) is 0 Å². The van der Waals surface area contributed by atoms with Crippen LogP contribution in [0.3, 0.4) is 0 Å². The fourth-order valence-electron chi connectivity index (χ4n) is 2.16. The van der Waals surface area contributed by atoms with E-state index in [-0.39, 0.29) is 12.8 Å². The van der Waals surface area contributed by atoms with Gasteiger partial charge in [-0.3, -0.25) is 4.79 Å². The first-order valence-corrected chi connectivity index (χ1v) is 6.51. The number of halogens is 4. The highest BCUT2D eigenvalue weighted by molar-refractivity contribution is 5.70. The molecule has 0 aliphatic rings. The van der Waals surface area contributed by atoms with Crippen LogP contribution in [0.1, 0.15) is 16.7 Å². The fraction of sp³-hybridized carbons (Fsp3) is 0.188. The summed E-state index contributed by atoms with van der Waals surface area (Å²) >= 11 is 0. The van der Waals surface area contributed by atoms with Crippen LogP contribution in [0.5, 0.6) is 0 Å². The van der Waals surface area contributed by atoms with E-state index in [1.54, 1.807) is 30.3 Å². The van der Waals surface area contributed by atoms with Crippen LogP contribution in [-0.2, 0) is 24.1 Å². The molecule has 0 spiro atoms. The van der Waals surface area contributed by atoms with Gasteiger partial charge in [0.25, 0.3) is 0 Å². The number of carbonyl (C=O) groups is 1. The second kappa shape index (κ2) is 6.60. The van der Waals surface area contributed by atoms with Crippen molar-refractivity contribution < 1.29 is 27.5 Å². The lowest BCUT2D eigenvalue weighted by atomic mass is 9.99. The summed E-state index contributed by atoms with van der Waals surface area (Å²) in [5, 5.41) is 8.54. The molecule has 22 heavy (non-hydrogen) atoms. The Morgan fingerprint density at radius 3 is 1.82 bits per heavy atom. The first-order chi connectivity index (χ1) is 10.4. The van der Waals surface area contributed by atoms with Gasteiger partial charge in [-0.2, -0.15) is 0 Å². The lowest BCUT2D eigenvalue weighted by molar-refractivity contribution is -0.136. The minimum atomic E-state index is -1.65. The minimum Gasteiger partial charge on any atom is -0.481 e. The number of aryl methyl sites for hydroxylation is 1. The predicted molar refractivity (Wildman–Crippen MR) is 71.5 cm³/mol. The molecular formula is C16H12F4O2. The van der Waals surface area contributed by atoms with Crippen molar-refractivity contribution in [2.24, 2.45) is 0 Å². The minimum absolute atomic E-state index is 0.200. The maximum Gasteiger partial charge on any atom is 0.308 e. The van der Waals surface area contributed by atoms with Gasteiger partial charge in [-0.15, -0.1) is 0 Å². The first-order valence-electron chi connectivity index (χ1n) is 6.51. The Morgan fingerprint density at radius 1 is 0.818 bits per heavy atom. The summed E-state index contributed by atoms with van der Waals surface area (Å²) < 4.78 is 55.3. The Hall–Kier alpha value is -2.37. The molecule has 0 saturated carbocycles. The van der Waals surface area contributed by atoms with Crippen molar-refractivity contribution in [2.75, 3.05) is 0 Å². The Bertz CT molecular complexity index is 670. The number of carboxylic acid groups (broad SMARTS) is 1. The number of carboxylic acids is 1. The number of benzene rings is 2. The van der Waals surface area contributed by atoms with Crippen molar-refractivity contribution >= 4 is 5.97 Å². The van der Waals surface area contributed by atoms with Crippen LogP contribution in [0.2, 0.25) is 0 Å². The molecule has 6 heteroatoms. The highest BCUT2D eigenvalue weighted by Crippen LogP contribution is 2.25. The summed E-state index contributed by atoms with van der Waals surface area (Å²) in [6.45, 7) is 0. The molecule has 2 aromatic carbocycles. The Labute approximate surface area is 124 Å². The molecule has 0 aromatic heterocycles. The quantitative estimate of drug-likeness (QED) is 0.676. The number of hydrogen-bond donors (Lipinski definition) is 1. The van der Waals surface area contributed by atoms with E-state index in [1.165, 1.54) is 0 Å². The van der Waals surface area contributed by atoms with Gasteiger partial charge in [-0.05, 0) is 18.4 Å². The zero-order chi connectivity index (χ0) is 16.3. The van der Waals surface area contributed by atoms with E-state index in [1.807, 2.05) is 0 Å². The van der Waals surface area contributed by atoms with Crippen molar-refractivity contribution in [1.82, 2.24) is 0 Å². The van der Waals surface area contributed by atoms with Gasteiger partial charge in [-0.25, -0.2) is 17.6 Å². The van der Waals surface area contributed by atoms with Crippen LogP contribution in [0, 0.1) is 23.3 Å². The molecule has 0 radical (unpaired) electrons. The summed E-state index contributed by atoms with van der Waals surface area (Å²) in [7, 11) is 0. The van der Waals surface area contributed by atoms with E-state index in [4.69, 9.17) is 5.11 Å². The molecule has 0 amide bonds. The second-order valence-corrected chi connectivity index (χ2v) is 4.77. The van der Waals surface area contributed by atoms with Gasteiger partial charge in [0.1, 0.15) is 0 Å². The van der Waals surface area contributed by atoms with Crippen LogP contribution in [-0.4, -0.2) is 11.1 Å². The molecule has 0 aliphatic heterocycles. The molecule has 0 saturated heterocycles. The summed E-state index contributed by atoms with van der Waals surface area (Å²) in [4.78, 5) is 10.5. The van der Waals surface area contributed by atoms with E-state index in [0.717, 1.165) is 5.56 Å². The molecule has 2 rings (SSSR count). The van der Waals surface area contributed by atoms with Gasteiger partial charge < -0.3 is 5.11 Å². The van der Waals surface area contributed by atoms with Crippen LogP contribution in [0.4, 0.5) is 17.6 Å². The van der Waals surface area contributed by atoms with E-state index < -0.39 is 46.8 Å². The fourth-order valence-corrected chi connectivity index (χ4v) is 2.16. The van der Waals surface area contributed by atoms with Crippen LogP contribution in [0.25, 0.3) is 0 Å². The van der Waals surface area contributed by atoms with Gasteiger partial charge in [0, 0.05) is 11.1 Å². The summed E-state index contributed by atoms with van der Waals surface area (Å²) in [5.74, 6) is -7.94. The second-order valence-electron chi connectivity index (χ2n) is 4.77. The summed E-state index contributed by atoms with van der Waals surface area (Å²) in [6, 6.07) is 8.69. The SMILES string of the molecule is O=C(O)Cc1c(F)c(F)c(CCc2ccccc2)c(F)c1F. The third-order valence-electron chi connectivity index (χ3n) is 3.28. The molecule has 2 nitrogen and oxygen atoms in total. The number of aliphatic carboxylic acids is 1. The Balaban J connectivity index is 2.34. The van der Waals surface area contributed by atoms with Gasteiger partial charge >= 0.3 is 5.97 Å². The molecule has 0 atom stereocenters. The third-order valence-corrected chi connectivity index (χ3v) is 3.28. The van der Waals surface area contributed by atoms with Gasteiger partial charge in [0.05, 0.1) is 6.42 Å². The zero-order valence-corrected chi connectivity index (χ0v) is 11.4. The molecule has 116 valence electrons. The lowest BCUT2D eigenvalue weighted by Gasteiger charge is -2.11. The highest BCUT2D eigenvalue weighted by Gasteiger charge is 2.26. The smallest absolute Gasteiger partial charge is 0.308 e. The molecule has 0 unspecified atom stereocenters. The summed E-state index contributed by atoms with van der Waals surface area (Å²) in [6.07, 6.45) is -1.15. The Kier molecular flexibility index (Phi) is 4.80. The molecule has 2 aromatic rings. The Morgan fingerprint density at radius 2 is 1.32 bits per heavy atom. The van der Waals surface area contributed by atoms with Crippen molar-refractivity contribution in [2.45, 2.75) is 19.3 Å². The normalized spacial score (nSPS) is 10.7. The largest absolute Gasteiger partial charge is 0.481 e. The maximum absolute atomic E-state index is 13.9. The third kappa shape index (κ3) is 3.27. The monoisotopic (exact) mass is 312 g/mol. The predicted octanol–water partition coefficient (Wildman–Crippen LogP) is 3.66. The highest BCUT2D eigenvalue weighted by atomic mass is 19.2. The van der Waals surface area contributed by atoms with E-state index in [0.29, 0.717) is 0 Å². The van der Waals surface area contributed by atoms with Crippen LogP contribution < -0.4 is 0 Å². The average Bonchev–Trinajstić information content (AvgIpc) is 2.50. The average molecular weight is 312 g/mol. The molecule has 0 heterocycles. The zero-order valence-electron chi connectivity index (χ0n) is 11.4. The topological polar surface area (TPSA) is 37.3 Å². The van der Waals surface area contributed by atoms with E-state index >= 15 is 0 Å². The molecule has 1 N–H and O–H groups in total. The molecular weight excluding hydrogens is 300 g/mol. The first kappa shape index (κ1) is 16.0. The summed E-state index contributed by atoms with van der Waals surface area (Å²) in [5.41, 5.74) is -1.06. The van der Waals surface area contributed by atoms with Crippen LogP contribution in [0.15, 0.2) is 30.3 Å². The maximum atomic E-state index is 13.9. The van der Waals surface area contributed by atoms with Crippen molar-refractivity contribution in [3.63, 3.8) is 0 Å². The van der Waals surface area contributed by atoms with Crippen LogP contribution >= 0.6 is 0 Å². The van der Waals surface area contributed by atoms with Gasteiger partial charge in [-0.1, -0.05) is 30.3 Å². The molecule has 0 aliphatic carbocycles. The molecule has 0 fully saturated rings. The van der Waals surface area contributed by atoms with Gasteiger partial charge in [0.2, 0.25) is 0 Å². The molecule has 0 bridgehead atoms. The van der Waals surface area contributed by atoms with Crippen molar-refractivity contribution in [3.05, 3.63) is 70.3 Å². The van der Waals surface area contributed by atoms with E-state index in [2.05, 4.69) is 0 Å².